The molecule has 0 aromatic heterocycles. The fourth-order valence-corrected chi connectivity index (χ4v) is 2.36. The molecule has 0 radical (unpaired) electrons. The Balaban J connectivity index is 1.58. The maximum absolute atomic E-state index is 12.9. The molecule has 0 spiro atoms. The van der Waals surface area contributed by atoms with Crippen molar-refractivity contribution >= 4 is 17.7 Å². The SMILES string of the molecule is O=C(NCC1CN(c2ccc(F)cc2)C(=O)O1)c1ccccc1. The van der Waals surface area contributed by atoms with Crippen LogP contribution < -0.4 is 10.2 Å². The molecule has 1 fully saturated rings. The van der Waals surface area contributed by atoms with Crippen LogP contribution in [-0.4, -0.2) is 31.2 Å². The molecule has 1 aliphatic heterocycles. The third-order valence-corrected chi connectivity index (χ3v) is 3.54. The average Bonchev–Trinajstić information content (AvgIpc) is 2.95. The zero-order valence-corrected chi connectivity index (χ0v) is 12.2. The Hall–Kier alpha value is -2.89. The van der Waals surface area contributed by atoms with Crippen LogP contribution in [0.3, 0.4) is 0 Å². The summed E-state index contributed by atoms with van der Waals surface area (Å²) in [5.41, 5.74) is 1.11. The Kier molecular flexibility index (Phi) is 4.23. The molecule has 1 unspecified atom stereocenters. The summed E-state index contributed by atoms with van der Waals surface area (Å²) in [6, 6.07) is 14.4. The fourth-order valence-electron chi connectivity index (χ4n) is 2.36. The number of carbonyl (C=O) groups is 2. The quantitative estimate of drug-likeness (QED) is 0.943. The summed E-state index contributed by atoms with van der Waals surface area (Å²) < 4.78 is 18.2. The number of hydrogen-bond donors (Lipinski definition) is 1. The van der Waals surface area contributed by atoms with Crippen LogP contribution in [0.4, 0.5) is 14.9 Å². The molecule has 2 aromatic rings. The predicted octanol–water partition coefficient (Wildman–Crippen LogP) is 2.58. The van der Waals surface area contributed by atoms with Gasteiger partial charge in [0.25, 0.3) is 5.91 Å². The molecule has 1 aliphatic rings. The van der Waals surface area contributed by atoms with Crippen LogP contribution in [0.25, 0.3) is 0 Å². The molecule has 1 saturated heterocycles. The summed E-state index contributed by atoms with van der Waals surface area (Å²) in [5.74, 6) is -0.588. The van der Waals surface area contributed by atoms with Gasteiger partial charge in [-0.3, -0.25) is 9.69 Å². The first-order valence-electron chi connectivity index (χ1n) is 7.20. The molecule has 0 saturated carbocycles. The van der Waals surface area contributed by atoms with Gasteiger partial charge < -0.3 is 10.1 Å². The Morgan fingerprint density at radius 3 is 2.57 bits per heavy atom. The highest BCUT2D eigenvalue weighted by atomic mass is 19.1. The van der Waals surface area contributed by atoms with Gasteiger partial charge in [0.1, 0.15) is 11.9 Å². The standard InChI is InChI=1S/C17H15FN2O3/c18-13-6-8-14(9-7-13)20-11-15(23-17(20)22)10-19-16(21)12-4-2-1-3-5-12/h1-9,15H,10-11H2,(H,19,21). The largest absolute Gasteiger partial charge is 0.442 e. The lowest BCUT2D eigenvalue weighted by Gasteiger charge is -2.13. The fraction of sp³-hybridized carbons (Fsp3) is 0.176. The van der Waals surface area contributed by atoms with E-state index in [1.807, 2.05) is 6.07 Å². The second kappa shape index (κ2) is 6.48. The van der Waals surface area contributed by atoms with Gasteiger partial charge in [-0.05, 0) is 36.4 Å². The van der Waals surface area contributed by atoms with Crippen molar-refractivity contribution in [1.82, 2.24) is 5.32 Å². The van der Waals surface area contributed by atoms with E-state index in [4.69, 9.17) is 4.74 Å². The van der Waals surface area contributed by atoms with Gasteiger partial charge >= 0.3 is 6.09 Å². The van der Waals surface area contributed by atoms with Crippen LogP contribution >= 0.6 is 0 Å². The van der Waals surface area contributed by atoms with Crippen LogP contribution in [0.1, 0.15) is 10.4 Å². The lowest BCUT2D eigenvalue weighted by atomic mass is 10.2. The molecule has 2 aromatic carbocycles. The van der Waals surface area contributed by atoms with E-state index in [2.05, 4.69) is 5.32 Å². The van der Waals surface area contributed by atoms with Gasteiger partial charge in [0.2, 0.25) is 0 Å². The molecule has 2 amide bonds. The van der Waals surface area contributed by atoms with Crippen molar-refractivity contribution in [2.45, 2.75) is 6.10 Å². The third kappa shape index (κ3) is 3.48. The van der Waals surface area contributed by atoms with Gasteiger partial charge in [0.05, 0.1) is 13.1 Å². The van der Waals surface area contributed by atoms with E-state index in [-0.39, 0.29) is 18.3 Å². The number of cyclic esters (lactones) is 1. The molecule has 5 nitrogen and oxygen atoms in total. The number of nitrogens with one attached hydrogen (secondary N) is 1. The van der Waals surface area contributed by atoms with Gasteiger partial charge in [0.15, 0.2) is 0 Å². The van der Waals surface area contributed by atoms with Crippen molar-refractivity contribution in [3.05, 3.63) is 66.0 Å². The molecule has 6 heteroatoms. The van der Waals surface area contributed by atoms with Crippen molar-refractivity contribution in [2.24, 2.45) is 0 Å². The van der Waals surface area contributed by atoms with Gasteiger partial charge in [-0.25, -0.2) is 9.18 Å². The molecule has 1 heterocycles. The van der Waals surface area contributed by atoms with Gasteiger partial charge in [0, 0.05) is 11.3 Å². The molecule has 118 valence electrons. The summed E-state index contributed by atoms with van der Waals surface area (Å²) in [6.45, 7) is 0.525. The first-order valence-corrected chi connectivity index (χ1v) is 7.20. The van der Waals surface area contributed by atoms with Crippen molar-refractivity contribution in [3.8, 4) is 0 Å². The van der Waals surface area contributed by atoms with Gasteiger partial charge in [-0.2, -0.15) is 0 Å². The Labute approximate surface area is 132 Å². The lowest BCUT2D eigenvalue weighted by molar-refractivity contribution is 0.0916. The number of amides is 2. The normalized spacial score (nSPS) is 17.0. The Morgan fingerprint density at radius 2 is 1.87 bits per heavy atom. The minimum Gasteiger partial charge on any atom is -0.442 e. The highest BCUT2D eigenvalue weighted by molar-refractivity contribution is 5.94. The van der Waals surface area contributed by atoms with Crippen molar-refractivity contribution in [1.29, 1.82) is 0 Å². The number of hydrogen-bond acceptors (Lipinski definition) is 3. The summed E-state index contributed by atoms with van der Waals surface area (Å²) >= 11 is 0. The van der Waals surface area contributed by atoms with Crippen LogP contribution in [0.5, 0.6) is 0 Å². The zero-order chi connectivity index (χ0) is 16.2. The minimum absolute atomic E-state index is 0.219. The van der Waals surface area contributed by atoms with E-state index in [1.165, 1.54) is 29.2 Å². The number of carbonyl (C=O) groups excluding carboxylic acids is 2. The van der Waals surface area contributed by atoms with Crippen LogP contribution in [0, 0.1) is 5.82 Å². The molecular formula is C17H15FN2O3. The molecule has 3 rings (SSSR count). The number of benzene rings is 2. The summed E-state index contributed by atoms with van der Waals surface area (Å²) in [4.78, 5) is 25.3. The summed E-state index contributed by atoms with van der Waals surface area (Å²) in [7, 11) is 0. The number of halogens is 1. The third-order valence-electron chi connectivity index (χ3n) is 3.54. The lowest BCUT2D eigenvalue weighted by Crippen LogP contribution is -2.34. The zero-order valence-electron chi connectivity index (χ0n) is 12.2. The number of rotatable bonds is 4. The second-order valence-electron chi connectivity index (χ2n) is 5.17. The average molecular weight is 314 g/mol. The molecule has 1 atom stereocenters. The van der Waals surface area contributed by atoms with E-state index < -0.39 is 12.2 Å². The first-order chi connectivity index (χ1) is 11.1. The van der Waals surface area contributed by atoms with E-state index >= 15 is 0 Å². The van der Waals surface area contributed by atoms with E-state index in [1.54, 1.807) is 24.3 Å². The molecule has 23 heavy (non-hydrogen) atoms. The number of nitrogens with zero attached hydrogens (tertiary/aromatic N) is 1. The maximum atomic E-state index is 12.9. The smallest absolute Gasteiger partial charge is 0.414 e. The van der Waals surface area contributed by atoms with E-state index in [0.29, 0.717) is 17.8 Å². The Morgan fingerprint density at radius 1 is 1.17 bits per heavy atom. The highest BCUT2D eigenvalue weighted by Gasteiger charge is 2.32. The van der Waals surface area contributed by atoms with Crippen molar-refractivity contribution in [2.75, 3.05) is 18.0 Å². The molecular weight excluding hydrogens is 299 g/mol. The summed E-state index contributed by atoms with van der Waals surface area (Å²) in [6.07, 6.45) is -0.948. The second-order valence-corrected chi connectivity index (χ2v) is 5.17. The minimum atomic E-state index is -0.504. The van der Waals surface area contributed by atoms with Gasteiger partial charge in [-0.1, -0.05) is 18.2 Å². The highest BCUT2D eigenvalue weighted by Crippen LogP contribution is 2.21. The van der Waals surface area contributed by atoms with Crippen LogP contribution in [-0.2, 0) is 4.74 Å². The van der Waals surface area contributed by atoms with Gasteiger partial charge in [-0.15, -0.1) is 0 Å². The topological polar surface area (TPSA) is 58.6 Å². The molecule has 0 bridgehead atoms. The van der Waals surface area contributed by atoms with Crippen molar-refractivity contribution < 1.29 is 18.7 Å². The van der Waals surface area contributed by atoms with Crippen LogP contribution in [0.2, 0.25) is 0 Å². The Bertz CT molecular complexity index is 704. The maximum Gasteiger partial charge on any atom is 0.414 e. The molecule has 0 aliphatic carbocycles. The predicted molar refractivity (Wildman–Crippen MR) is 82.8 cm³/mol. The monoisotopic (exact) mass is 314 g/mol. The summed E-state index contributed by atoms with van der Waals surface area (Å²) in [5, 5.41) is 2.74. The number of anilines is 1. The van der Waals surface area contributed by atoms with E-state index in [9.17, 15) is 14.0 Å². The van der Waals surface area contributed by atoms with E-state index in [0.717, 1.165) is 0 Å². The molecule has 1 N–H and O–H groups in total. The van der Waals surface area contributed by atoms with Crippen LogP contribution in [0.15, 0.2) is 54.6 Å². The number of ether oxygens (including phenoxy) is 1. The van der Waals surface area contributed by atoms with Crippen molar-refractivity contribution in [3.63, 3.8) is 0 Å². The first kappa shape index (κ1) is 15.0.